The monoisotopic (exact) mass is 473 g/mol. The molecule has 0 aliphatic heterocycles. The Labute approximate surface area is 183 Å². The zero-order valence-electron chi connectivity index (χ0n) is 17.1. The van der Waals surface area contributed by atoms with Crippen LogP contribution in [0.5, 0.6) is 0 Å². The van der Waals surface area contributed by atoms with Gasteiger partial charge in [0.05, 0.1) is 24.0 Å². The molecule has 9 nitrogen and oxygen atoms in total. The second-order valence-corrected chi connectivity index (χ2v) is 7.12. The summed E-state index contributed by atoms with van der Waals surface area (Å²) in [5.74, 6) is -1.05. The molecule has 33 heavy (non-hydrogen) atoms. The summed E-state index contributed by atoms with van der Waals surface area (Å²) >= 11 is 0. The molecule has 0 saturated heterocycles. The van der Waals surface area contributed by atoms with Gasteiger partial charge in [-0.1, -0.05) is 6.07 Å². The number of carbonyl (C=O) groups excluding carboxylic acids is 2. The molecule has 0 aliphatic carbocycles. The second kappa shape index (κ2) is 10.4. The van der Waals surface area contributed by atoms with Gasteiger partial charge in [-0.3, -0.25) is 14.3 Å². The molecule has 0 saturated carbocycles. The number of alkyl halides is 5. The summed E-state index contributed by atoms with van der Waals surface area (Å²) in [5.41, 5.74) is 1.84. The molecule has 14 heteroatoms. The Morgan fingerprint density at radius 2 is 1.94 bits per heavy atom. The predicted octanol–water partition coefficient (Wildman–Crippen LogP) is 2.70. The molecular formula is C19H20F5N7O2. The molecule has 1 aromatic carbocycles. The van der Waals surface area contributed by atoms with Crippen LogP contribution in [0.25, 0.3) is 11.0 Å². The quantitative estimate of drug-likeness (QED) is 0.392. The van der Waals surface area contributed by atoms with Gasteiger partial charge in [0.2, 0.25) is 18.2 Å². The van der Waals surface area contributed by atoms with E-state index in [4.69, 9.17) is 0 Å². The standard InChI is InChI=1S/C19H20F5N7O2/c20-14(21)4-6-31-10-27-17(30-31)18(33)26-9-15-28-12-2-1-11(7-13(12)29-15)8-25-16(32)3-5-19(22,23)24/h1-2,7,10,14H,3-6,8-9H2,(H,25,32)(H,26,33)(H,28,29). The van der Waals surface area contributed by atoms with Crippen molar-refractivity contribution < 1.29 is 31.5 Å². The fraction of sp³-hybridized carbons (Fsp3) is 0.421. The summed E-state index contributed by atoms with van der Waals surface area (Å²) < 4.78 is 62.2. The van der Waals surface area contributed by atoms with Crippen LogP contribution in [0.4, 0.5) is 22.0 Å². The van der Waals surface area contributed by atoms with Gasteiger partial charge in [-0.2, -0.15) is 13.2 Å². The number of nitrogens with zero attached hydrogens (tertiary/aromatic N) is 4. The van der Waals surface area contributed by atoms with Crippen LogP contribution in [-0.4, -0.2) is 49.1 Å². The molecule has 0 unspecified atom stereocenters. The highest BCUT2D eigenvalue weighted by Gasteiger charge is 2.27. The average molecular weight is 473 g/mol. The van der Waals surface area contributed by atoms with Crippen molar-refractivity contribution in [1.82, 2.24) is 35.4 Å². The minimum Gasteiger partial charge on any atom is -0.352 e. The maximum Gasteiger partial charge on any atom is 0.389 e. The van der Waals surface area contributed by atoms with Crippen LogP contribution in [0.15, 0.2) is 24.5 Å². The number of fused-ring (bicyclic) bond motifs is 1. The molecule has 0 spiro atoms. The molecule has 3 N–H and O–H groups in total. The number of aromatic nitrogens is 5. The number of benzene rings is 1. The van der Waals surface area contributed by atoms with E-state index in [0.29, 0.717) is 22.4 Å². The molecule has 3 aromatic rings. The van der Waals surface area contributed by atoms with Crippen LogP contribution in [0.1, 0.15) is 41.3 Å². The van der Waals surface area contributed by atoms with Crippen molar-refractivity contribution in [2.24, 2.45) is 0 Å². The SMILES string of the molecule is O=C(CCC(F)(F)F)NCc1ccc2nc(CNC(=O)c3ncn(CCC(F)F)n3)[nH]c2c1. The summed E-state index contributed by atoms with van der Waals surface area (Å²) in [5, 5.41) is 8.84. The first-order valence-electron chi connectivity index (χ1n) is 9.86. The Morgan fingerprint density at radius 3 is 2.67 bits per heavy atom. The molecule has 0 atom stereocenters. The van der Waals surface area contributed by atoms with E-state index in [9.17, 15) is 31.5 Å². The second-order valence-electron chi connectivity index (χ2n) is 7.12. The summed E-state index contributed by atoms with van der Waals surface area (Å²) in [6.45, 7) is 0.00679. The Morgan fingerprint density at radius 1 is 1.15 bits per heavy atom. The van der Waals surface area contributed by atoms with Gasteiger partial charge in [-0.25, -0.2) is 18.7 Å². The first-order valence-corrected chi connectivity index (χ1v) is 9.86. The molecule has 0 fully saturated rings. The number of amides is 2. The average Bonchev–Trinajstić information content (AvgIpc) is 3.39. The van der Waals surface area contributed by atoms with E-state index in [0.717, 1.165) is 4.68 Å². The number of hydrogen-bond acceptors (Lipinski definition) is 5. The Balaban J connectivity index is 1.52. The zero-order valence-corrected chi connectivity index (χ0v) is 17.1. The van der Waals surface area contributed by atoms with E-state index < -0.39 is 43.7 Å². The number of aromatic amines is 1. The smallest absolute Gasteiger partial charge is 0.352 e. The van der Waals surface area contributed by atoms with Crippen molar-refractivity contribution in [2.45, 2.75) is 51.5 Å². The highest BCUT2D eigenvalue weighted by Crippen LogP contribution is 2.21. The molecule has 2 amide bonds. The number of H-pyrrole nitrogens is 1. The maximum atomic E-state index is 12.2. The van der Waals surface area contributed by atoms with Crippen molar-refractivity contribution in [3.05, 3.63) is 41.7 Å². The van der Waals surface area contributed by atoms with E-state index in [1.54, 1.807) is 18.2 Å². The van der Waals surface area contributed by atoms with Crippen LogP contribution in [-0.2, 0) is 24.4 Å². The third-order valence-electron chi connectivity index (χ3n) is 4.45. The largest absolute Gasteiger partial charge is 0.389 e. The lowest BCUT2D eigenvalue weighted by Gasteiger charge is -2.07. The topological polar surface area (TPSA) is 118 Å². The van der Waals surface area contributed by atoms with Crippen LogP contribution in [0.2, 0.25) is 0 Å². The Kier molecular flexibility index (Phi) is 7.55. The van der Waals surface area contributed by atoms with E-state index >= 15 is 0 Å². The van der Waals surface area contributed by atoms with Crippen LogP contribution in [0.3, 0.4) is 0 Å². The van der Waals surface area contributed by atoms with Gasteiger partial charge in [0, 0.05) is 25.9 Å². The minimum atomic E-state index is -4.39. The van der Waals surface area contributed by atoms with Crippen LogP contribution < -0.4 is 10.6 Å². The minimum absolute atomic E-state index is 0.0165. The highest BCUT2D eigenvalue weighted by atomic mass is 19.4. The predicted molar refractivity (Wildman–Crippen MR) is 105 cm³/mol. The lowest BCUT2D eigenvalue weighted by atomic mass is 10.2. The molecular weight excluding hydrogens is 453 g/mol. The number of aryl methyl sites for hydroxylation is 1. The van der Waals surface area contributed by atoms with Gasteiger partial charge in [0.1, 0.15) is 12.2 Å². The summed E-state index contributed by atoms with van der Waals surface area (Å²) in [6, 6.07) is 5.02. The number of carbonyl (C=O) groups is 2. The third-order valence-corrected chi connectivity index (χ3v) is 4.45. The van der Waals surface area contributed by atoms with Gasteiger partial charge < -0.3 is 15.6 Å². The molecule has 0 radical (unpaired) electrons. The first-order chi connectivity index (χ1) is 15.6. The zero-order chi connectivity index (χ0) is 24.0. The molecule has 178 valence electrons. The molecule has 2 aromatic heterocycles. The summed E-state index contributed by atoms with van der Waals surface area (Å²) in [4.78, 5) is 34.8. The maximum absolute atomic E-state index is 12.2. The number of imidazole rings is 1. The molecule has 0 aliphatic rings. The van der Waals surface area contributed by atoms with E-state index in [1.165, 1.54) is 6.33 Å². The number of rotatable bonds is 10. The van der Waals surface area contributed by atoms with Crippen molar-refractivity contribution in [3.8, 4) is 0 Å². The van der Waals surface area contributed by atoms with Crippen molar-refractivity contribution in [3.63, 3.8) is 0 Å². The fourth-order valence-electron chi connectivity index (χ4n) is 2.83. The summed E-state index contributed by atoms with van der Waals surface area (Å²) in [7, 11) is 0. The number of hydrogen-bond donors (Lipinski definition) is 3. The normalized spacial score (nSPS) is 11.8. The van der Waals surface area contributed by atoms with E-state index in [1.807, 2.05) is 0 Å². The van der Waals surface area contributed by atoms with Crippen molar-refractivity contribution >= 4 is 22.8 Å². The number of nitrogens with one attached hydrogen (secondary N) is 3. The fourth-order valence-corrected chi connectivity index (χ4v) is 2.83. The molecule has 2 heterocycles. The van der Waals surface area contributed by atoms with Crippen molar-refractivity contribution in [2.75, 3.05) is 0 Å². The Hall–Kier alpha value is -3.58. The van der Waals surface area contributed by atoms with Crippen LogP contribution >= 0.6 is 0 Å². The Bertz CT molecular complexity index is 1110. The first kappa shape index (κ1) is 24.1. The van der Waals surface area contributed by atoms with E-state index in [-0.39, 0.29) is 25.5 Å². The van der Waals surface area contributed by atoms with Gasteiger partial charge >= 0.3 is 6.18 Å². The van der Waals surface area contributed by atoms with Crippen molar-refractivity contribution in [1.29, 1.82) is 0 Å². The van der Waals surface area contributed by atoms with Gasteiger partial charge in [0.15, 0.2) is 0 Å². The number of halogens is 5. The lowest BCUT2D eigenvalue weighted by molar-refractivity contribution is -0.144. The summed E-state index contributed by atoms with van der Waals surface area (Å²) in [6.07, 6.45) is -7.89. The lowest BCUT2D eigenvalue weighted by Crippen LogP contribution is -2.24. The molecule has 3 rings (SSSR count). The molecule has 0 bridgehead atoms. The third kappa shape index (κ3) is 7.50. The van der Waals surface area contributed by atoms with Gasteiger partial charge in [-0.15, -0.1) is 5.10 Å². The van der Waals surface area contributed by atoms with E-state index in [2.05, 4.69) is 30.7 Å². The van der Waals surface area contributed by atoms with Crippen LogP contribution in [0, 0.1) is 0 Å². The van der Waals surface area contributed by atoms with Gasteiger partial charge in [0.25, 0.3) is 5.91 Å². The van der Waals surface area contributed by atoms with Gasteiger partial charge in [-0.05, 0) is 17.7 Å². The highest BCUT2D eigenvalue weighted by molar-refractivity contribution is 5.90.